The van der Waals surface area contributed by atoms with Gasteiger partial charge < -0.3 is 15.0 Å². The number of hydrogen-bond donors (Lipinski definition) is 2. The molecular formula is C12H13KN2O6. The maximum Gasteiger partial charge on any atom is 1.00 e. The molecule has 2 N–H and O–H groups in total. The molecule has 8 nitrogen and oxygen atoms in total. The maximum atomic E-state index is 11.9. The van der Waals surface area contributed by atoms with Crippen LogP contribution in [0.25, 0.3) is 0 Å². The van der Waals surface area contributed by atoms with Gasteiger partial charge in [-0.05, 0) is 12.8 Å². The number of aromatic amines is 1. The van der Waals surface area contributed by atoms with Crippen molar-refractivity contribution in [1.29, 1.82) is 0 Å². The zero-order chi connectivity index (χ0) is 14.9. The van der Waals surface area contributed by atoms with Gasteiger partial charge in [0.1, 0.15) is 0 Å². The third-order valence-corrected chi connectivity index (χ3v) is 3.49. The summed E-state index contributed by atoms with van der Waals surface area (Å²) >= 11 is 0. The molecule has 0 radical (unpaired) electrons. The Morgan fingerprint density at radius 3 is 2.24 bits per heavy atom. The first kappa shape index (κ1) is 18.3. The van der Waals surface area contributed by atoms with Gasteiger partial charge in [-0.1, -0.05) is 19.3 Å². The molecule has 1 heterocycles. The number of carbonyl (C=O) groups is 2. The van der Waals surface area contributed by atoms with Crippen LogP contribution in [-0.2, 0) is 0 Å². The minimum absolute atomic E-state index is 0. The second-order valence-corrected chi connectivity index (χ2v) is 4.74. The van der Waals surface area contributed by atoms with Gasteiger partial charge in [-0.25, -0.2) is 9.59 Å². The zero-order valence-electron chi connectivity index (χ0n) is 11.5. The summed E-state index contributed by atoms with van der Waals surface area (Å²) in [5.41, 5.74) is -3.95. The molecule has 21 heavy (non-hydrogen) atoms. The fourth-order valence-electron chi connectivity index (χ4n) is 2.64. The van der Waals surface area contributed by atoms with Gasteiger partial charge in [-0.3, -0.25) is 14.3 Å². The van der Waals surface area contributed by atoms with Gasteiger partial charge in [0.15, 0.2) is 5.56 Å². The quantitative estimate of drug-likeness (QED) is 0.547. The number of rotatable bonds is 3. The molecule has 108 valence electrons. The number of aromatic nitrogens is 2. The number of H-pyrrole nitrogens is 1. The molecule has 0 spiro atoms. The maximum absolute atomic E-state index is 11.9. The van der Waals surface area contributed by atoms with E-state index in [1.54, 1.807) is 0 Å². The van der Waals surface area contributed by atoms with E-state index in [0.29, 0.717) is 12.8 Å². The molecule has 1 aliphatic rings. The van der Waals surface area contributed by atoms with Crippen LogP contribution < -0.4 is 67.7 Å². The van der Waals surface area contributed by atoms with Crippen LogP contribution in [0.1, 0.15) is 59.0 Å². The third kappa shape index (κ3) is 3.72. The molecular weight excluding hydrogens is 307 g/mol. The molecule has 0 amide bonds. The van der Waals surface area contributed by atoms with E-state index in [0.717, 1.165) is 23.8 Å². The summed E-state index contributed by atoms with van der Waals surface area (Å²) < 4.78 is 0.847. The second kappa shape index (κ2) is 7.50. The monoisotopic (exact) mass is 320 g/mol. The summed E-state index contributed by atoms with van der Waals surface area (Å²) in [7, 11) is 0. The Bertz CT molecular complexity index is 671. The van der Waals surface area contributed by atoms with Crippen molar-refractivity contribution in [2.24, 2.45) is 0 Å². The van der Waals surface area contributed by atoms with Crippen LogP contribution in [0, 0.1) is 0 Å². The SMILES string of the molecule is O=C(O)c1c(C(=O)[O-])n(C2CCCCC2)c(=O)[nH]c1=O.[K+]. The molecule has 1 aromatic rings. The van der Waals surface area contributed by atoms with E-state index >= 15 is 0 Å². The van der Waals surface area contributed by atoms with Crippen LogP contribution in [-0.4, -0.2) is 26.6 Å². The van der Waals surface area contributed by atoms with Gasteiger partial charge in [0.2, 0.25) is 0 Å². The van der Waals surface area contributed by atoms with E-state index in [-0.39, 0.29) is 51.4 Å². The standard InChI is InChI=1S/C12H14N2O6.K/c15-9-7(10(16)17)8(11(18)19)14(12(20)13-9)6-4-2-1-3-5-6;/h6H,1-5H2,(H,16,17)(H,18,19)(H,13,15,20);/q;+1/p-1. The van der Waals surface area contributed by atoms with E-state index in [1.807, 2.05) is 4.98 Å². The molecule has 0 aromatic carbocycles. The van der Waals surface area contributed by atoms with Crippen molar-refractivity contribution in [3.05, 3.63) is 32.1 Å². The summed E-state index contributed by atoms with van der Waals surface area (Å²) in [4.78, 5) is 47.5. The number of carbonyl (C=O) groups excluding carboxylic acids is 1. The number of aromatic carboxylic acids is 2. The predicted octanol–water partition coefficient (Wildman–Crippen LogP) is -3.89. The van der Waals surface area contributed by atoms with Crippen molar-refractivity contribution in [2.75, 3.05) is 0 Å². The van der Waals surface area contributed by atoms with E-state index < -0.39 is 40.5 Å². The smallest absolute Gasteiger partial charge is 0.543 e. The Morgan fingerprint density at radius 2 is 1.76 bits per heavy atom. The summed E-state index contributed by atoms with van der Waals surface area (Å²) in [6.45, 7) is 0. The first-order chi connectivity index (χ1) is 9.43. The molecule has 0 saturated heterocycles. The van der Waals surface area contributed by atoms with E-state index in [1.165, 1.54) is 0 Å². The van der Waals surface area contributed by atoms with Crippen LogP contribution in [0.2, 0.25) is 0 Å². The third-order valence-electron chi connectivity index (χ3n) is 3.49. The van der Waals surface area contributed by atoms with Crippen molar-refractivity contribution in [3.63, 3.8) is 0 Å². The number of hydrogen-bond acceptors (Lipinski definition) is 5. The summed E-state index contributed by atoms with van der Waals surface area (Å²) in [6.07, 6.45) is 3.72. The van der Waals surface area contributed by atoms with Gasteiger partial charge >= 0.3 is 63.0 Å². The fraction of sp³-hybridized carbons (Fsp3) is 0.500. The van der Waals surface area contributed by atoms with Crippen molar-refractivity contribution < 1.29 is 71.2 Å². The molecule has 1 aliphatic carbocycles. The molecule has 0 atom stereocenters. The average Bonchev–Trinajstić information content (AvgIpc) is 2.38. The summed E-state index contributed by atoms with van der Waals surface area (Å²) in [6, 6.07) is -0.431. The topological polar surface area (TPSA) is 132 Å². The van der Waals surface area contributed by atoms with E-state index in [2.05, 4.69) is 0 Å². The van der Waals surface area contributed by atoms with Gasteiger partial charge in [0.05, 0.1) is 11.7 Å². The first-order valence-electron chi connectivity index (χ1n) is 6.27. The molecule has 0 aliphatic heterocycles. The Balaban J connectivity index is 0.00000220. The van der Waals surface area contributed by atoms with Gasteiger partial charge in [0.25, 0.3) is 5.56 Å². The van der Waals surface area contributed by atoms with Gasteiger partial charge in [-0.15, -0.1) is 0 Å². The van der Waals surface area contributed by atoms with Crippen molar-refractivity contribution >= 4 is 11.9 Å². The predicted molar refractivity (Wildman–Crippen MR) is 64.7 cm³/mol. The van der Waals surface area contributed by atoms with Gasteiger partial charge in [-0.2, -0.15) is 0 Å². The van der Waals surface area contributed by atoms with Crippen molar-refractivity contribution in [2.45, 2.75) is 38.1 Å². The second-order valence-electron chi connectivity index (χ2n) is 4.74. The number of carboxylic acid groups (broad SMARTS) is 2. The molecule has 9 heteroatoms. The van der Waals surface area contributed by atoms with Crippen molar-refractivity contribution in [3.8, 4) is 0 Å². The summed E-state index contributed by atoms with van der Waals surface area (Å²) in [5, 5.41) is 20.2. The molecule has 1 fully saturated rings. The Kier molecular flexibility index (Phi) is 6.54. The van der Waals surface area contributed by atoms with Crippen LogP contribution in [0.5, 0.6) is 0 Å². The number of nitrogens with one attached hydrogen (secondary N) is 1. The summed E-state index contributed by atoms with van der Waals surface area (Å²) in [5.74, 6) is -3.54. The minimum atomic E-state index is -1.84. The Labute approximate surface area is 161 Å². The Hall–Kier alpha value is -0.744. The van der Waals surface area contributed by atoms with Crippen LogP contribution in [0.15, 0.2) is 9.59 Å². The number of nitrogens with zero attached hydrogens (tertiary/aromatic N) is 1. The molecule has 1 saturated carbocycles. The van der Waals surface area contributed by atoms with Crippen LogP contribution in [0.3, 0.4) is 0 Å². The van der Waals surface area contributed by atoms with E-state index in [4.69, 9.17) is 5.11 Å². The average molecular weight is 320 g/mol. The van der Waals surface area contributed by atoms with Gasteiger partial charge in [0, 0.05) is 6.04 Å². The van der Waals surface area contributed by atoms with Crippen LogP contribution in [0.4, 0.5) is 0 Å². The number of carboxylic acids is 2. The molecule has 2 rings (SSSR count). The van der Waals surface area contributed by atoms with Crippen LogP contribution >= 0.6 is 0 Å². The van der Waals surface area contributed by atoms with Crippen molar-refractivity contribution in [1.82, 2.24) is 9.55 Å². The van der Waals surface area contributed by atoms with E-state index in [9.17, 15) is 24.3 Å². The molecule has 1 aromatic heterocycles. The molecule has 0 bridgehead atoms. The molecule has 0 unspecified atom stereocenters. The zero-order valence-corrected chi connectivity index (χ0v) is 14.7. The minimum Gasteiger partial charge on any atom is -0.543 e. The largest absolute Gasteiger partial charge is 1.00 e. The first-order valence-corrected chi connectivity index (χ1v) is 6.27. The Morgan fingerprint density at radius 1 is 1.19 bits per heavy atom. The normalized spacial score (nSPS) is 15.2. The fourth-order valence-corrected chi connectivity index (χ4v) is 2.64.